The molecule has 120 valence electrons. The predicted octanol–water partition coefficient (Wildman–Crippen LogP) is 3.09. The van der Waals surface area contributed by atoms with Gasteiger partial charge in [-0.1, -0.05) is 24.3 Å². The van der Waals surface area contributed by atoms with E-state index in [-0.39, 0.29) is 5.91 Å². The largest absolute Gasteiger partial charge is 0.355 e. The average Bonchev–Trinajstić information content (AvgIpc) is 2.60. The van der Waals surface area contributed by atoms with Gasteiger partial charge in [-0.2, -0.15) is 0 Å². The molecule has 1 aliphatic heterocycles. The quantitative estimate of drug-likeness (QED) is 0.916. The van der Waals surface area contributed by atoms with E-state index in [9.17, 15) is 4.79 Å². The molecule has 1 saturated heterocycles. The molecule has 0 aromatic heterocycles. The Bertz CT molecular complexity index is 706. The van der Waals surface area contributed by atoms with Gasteiger partial charge in [0.2, 0.25) is 0 Å². The lowest BCUT2D eigenvalue weighted by atomic mass is 10.1. The highest BCUT2D eigenvalue weighted by atomic mass is 16.2. The number of carbonyl (C=O) groups excluding carboxylic acids is 1. The van der Waals surface area contributed by atoms with E-state index in [1.807, 2.05) is 35.2 Å². The summed E-state index contributed by atoms with van der Waals surface area (Å²) in [7, 11) is 0. The fourth-order valence-electron chi connectivity index (χ4n) is 2.85. The van der Waals surface area contributed by atoms with Gasteiger partial charge >= 0.3 is 0 Å². The Labute approximate surface area is 137 Å². The fourth-order valence-corrected chi connectivity index (χ4v) is 2.85. The number of piperazine rings is 1. The van der Waals surface area contributed by atoms with Crippen molar-refractivity contribution in [2.45, 2.75) is 13.8 Å². The molecule has 1 amide bonds. The summed E-state index contributed by atoms with van der Waals surface area (Å²) in [5.41, 5.74) is 5.09. The number of hydrogen-bond acceptors (Lipinski definition) is 3. The van der Waals surface area contributed by atoms with Crippen molar-refractivity contribution in [3.05, 3.63) is 59.2 Å². The van der Waals surface area contributed by atoms with Crippen LogP contribution in [0.15, 0.2) is 42.5 Å². The van der Waals surface area contributed by atoms with Crippen LogP contribution in [0.5, 0.6) is 0 Å². The van der Waals surface area contributed by atoms with Gasteiger partial charge in [0, 0.05) is 31.9 Å². The number of para-hydroxylation sites is 1. The van der Waals surface area contributed by atoms with Crippen LogP contribution in [0.3, 0.4) is 0 Å². The smallest absolute Gasteiger partial charge is 0.256 e. The van der Waals surface area contributed by atoms with Crippen molar-refractivity contribution in [3.63, 3.8) is 0 Å². The first-order valence-corrected chi connectivity index (χ1v) is 8.09. The van der Waals surface area contributed by atoms with Crippen LogP contribution in [-0.2, 0) is 0 Å². The van der Waals surface area contributed by atoms with E-state index in [0.29, 0.717) is 0 Å². The van der Waals surface area contributed by atoms with E-state index >= 15 is 0 Å². The molecule has 2 aromatic carbocycles. The van der Waals surface area contributed by atoms with Crippen molar-refractivity contribution in [1.29, 1.82) is 0 Å². The topological polar surface area (TPSA) is 44.4 Å². The van der Waals surface area contributed by atoms with Gasteiger partial charge in [0.15, 0.2) is 0 Å². The van der Waals surface area contributed by atoms with Gasteiger partial charge in [-0.15, -0.1) is 0 Å². The number of anilines is 2. The van der Waals surface area contributed by atoms with Gasteiger partial charge in [-0.25, -0.2) is 0 Å². The highest BCUT2D eigenvalue weighted by Gasteiger charge is 2.20. The summed E-state index contributed by atoms with van der Waals surface area (Å²) in [6.07, 6.45) is 0. The molecule has 2 N–H and O–H groups in total. The van der Waals surface area contributed by atoms with E-state index in [1.165, 1.54) is 11.1 Å². The lowest BCUT2D eigenvalue weighted by Crippen LogP contribution is -2.46. The van der Waals surface area contributed by atoms with Gasteiger partial charge in [0.1, 0.15) is 0 Å². The lowest BCUT2D eigenvalue weighted by Gasteiger charge is -2.28. The van der Waals surface area contributed by atoms with Crippen molar-refractivity contribution in [2.75, 3.05) is 31.5 Å². The first-order valence-electron chi connectivity index (χ1n) is 8.09. The Hall–Kier alpha value is -2.33. The summed E-state index contributed by atoms with van der Waals surface area (Å²) >= 11 is 0. The zero-order valence-electron chi connectivity index (χ0n) is 13.7. The molecule has 4 heteroatoms. The highest BCUT2D eigenvalue weighted by molar-refractivity contribution is 6.00. The molecule has 23 heavy (non-hydrogen) atoms. The monoisotopic (exact) mass is 309 g/mol. The highest BCUT2D eigenvalue weighted by Crippen LogP contribution is 2.26. The van der Waals surface area contributed by atoms with E-state index < -0.39 is 0 Å². The molecule has 3 rings (SSSR count). The summed E-state index contributed by atoms with van der Waals surface area (Å²) in [6.45, 7) is 7.43. The number of hydrogen-bond donors (Lipinski definition) is 2. The number of benzene rings is 2. The molecule has 0 aliphatic carbocycles. The second kappa shape index (κ2) is 6.84. The molecular weight excluding hydrogens is 286 g/mol. The first-order chi connectivity index (χ1) is 11.2. The number of amides is 1. The van der Waals surface area contributed by atoms with Gasteiger partial charge in [0.25, 0.3) is 5.91 Å². The molecule has 1 heterocycles. The first kappa shape index (κ1) is 15.6. The Morgan fingerprint density at radius 1 is 1.00 bits per heavy atom. The van der Waals surface area contributed by atoms with Crippen LogP contribution >= 0.6 is 0 Å². The van der Waals surface area contributed by atoms with Gasteiger partial charge in [-0.3, -0.25) is 4.79 Å². The summed E-state index contributed by atoms with van der Waals surface area (Å²) in [5, 5.41) is 6.72. The van der Waals surface area contributed by atoms with Crippen LogP contribution in [0.4, 0.5) is 11.4 Å². The number of carbonyl (C=O) groups is 1. The third kappa shape index (κ3) is 3.37. The van der Waals surface area contributed by atoms with Crippen LogP contribution in [-0.4, -0.2) is 37.0 Å². The fraction of sp³-hybridized carbons (Fsp3) is 0.316. The van der Waals surface area contributed by atoms with Crippen molar-refractivity contribution in [2.24, 2.45) is 0 Å². The Kier molecular flexibility index (Phi) is 4.63. The van der Waals surface area contributed by atoms with E-state index in [4.69, 9.17) is 0 Å². The third-order valence-corrected chi connectivity index (χ3v) is 4.44. The van der Waals surface area contributed by atoms with Crippen LogP contribution in [0, 0.1) is 13.8 Å². The van der Waals surface area contributed by atoms with Crippen molar-refractivity contribution >= 4 is 17.3 Å². The Morgan fingerprint density at radius 2 is 1.70 bits per heavy atom. The average molecular weight is 309 g/mol. The number of nitrogens with one attached hydrogen (secondary N) is 2. The minimum atomic E-state index is 0.0971. The standard InChI is InChI=1S/C19H23N3O/c1-14-6-5-9-17(15(14)2)21-18-8-4-3-7-16(18)19(23)22-12-10-20-11-13-22/h3-9,20-21H,10-13H2,1-2H3. The predicted molar refractivity (Wildman–Crippen MR) is 94.4 cm³/mol. The van der Waals surface area contributed by atoms with Gasteiger partial charge in [-0.05, 0) is 43.2 Å². The summed E-state index contributed by atoms with van der Waals surface area (Å²) in [5.74, 6) is 0.0971. The third-order valence-electron chi connectivity index (χ3n) is 4.44. The van der Waals surface area contributed by atoms with Crippen LogP contribution in [0.2, 0.25) is 0 Å². The van der Waals surface area contributed by atoms with Crippen molar-refractivity contribution in [1.82, 2.24) is 10.2 Å². The Balaban J connectivity index is 1.88. The maximum atomic E-state index is 12.8. The summed E-state index contributed by atoms with van der Waals surface area (Å²) < 4.78 is 0. The molecule has 2 aromatic rings. The van der Waals surface area contributed by atoms with Crippen molar-refractivity contribution in [3.8, 4) is 0 Å². The minimum Gasteiger partial charge on any atom is -0.355 e. The van der Waals surface area contributed by atoms with Gasteiger partial charge < -0.3 is 15.5 Å². The molecule has 4 nitrogen and oxygen atoms in total. The SMILES string of the molecule is Cc1cccc(Nc2ccccc2C(=O)N2CCNCC2)c1C. The lowest BCUT2D eigenvalue weighted by molar-refractivity contribution is 0.0737. The summed E-state index contributed by atoms with van der Waals surface area (Å²) in [6, 6.07) is 13.9. The van der Waals surface area contributed by atoms with Gasteiger partial charge in [0.05, 0.1) is 11.3 Å². The zero-order chi connectivity index (χ0) is 16.2. The normalized spacial score (nSPS) is 14.6. The Morgan fingerprint density at radius 3 is 2.48 bits per heavy atom. The minimum absolute atomic E-state index is 0.0971. The van der Waals surface area contributed by atoms with E-state index in [2.05, 4.69) is 36.6 Å². The number of rotatable bonds is 3. The second-order valence-corrected chi connectivity index (χ2v) is 5.96. The van der Waals surface area contributed by atoms with E-state index in [1.54, 1.807) is 0 Å². The number of aryl methyl sites for hydroxylation is 1. The molecule has 0 saturated carbocycles. The van der Waals surface area contributed by atoms with Crippen LogP contribution in [0.25, 0.3) is 0 Å². The maximum absolute atomic E-state index is 12.8. The van der Waals surface area contributed by atoms with Crippen LogP contribution in [0.1, 0.15) is 21.5 Å². The maximum Gasteiger partial charge on any atom is 0.256 e. The van der Waals surface area contributed by atoms with Crippen molar-refractivity contribution < 1.29 is 4.79 Å². The molecular formula is C19H23N3O. The second-order valence-electron chi connectivity index (χ2n) is 5.96. The summed E-state index contributed by atoms with van der Waals surface area (Å²) in [4.78, 5) is 14.7. The molecule has 0 unspecified atom stereocenters. The number of nitrogens with zero attached hydrogens (tertiary/aromatic N) is 1. The molecule has 0 atom stereocenters. The molecule has 0 spiro atoms. The zero-order valence-corrected chi connectivity index (χ0v) is 13.7. The molecule has 1 aliphatic rings. The van der Waals surface area contributed by atoms with E-state index in [0.717, 1.165) is 43.1 Å². The molecule has 0 bridgehead atoms. The van der Waals surface area contributed by atoms with Crippen LogP contribution < -0.4 is 10.6 Å². The molecule has 0 radical (unpaired) electrons. The molecule has 1 fully saturated rings.